The zero-order chi connectivity index (χ0) is 8.08. The Bertz CT molecular complexity index is 129. The van der Waals surface area contributed by atoms with E-state index >= 15 is 0 Å². The van der Waals surface area contributed by atoms with E-state index in [1.807, 2.05) is 0 Å². The smallest absolute Gasteiger partial charge is 0.402 e. The van der Waals surface area contributed by atoms with Crippen molar-refractivity contribution in [2.75, 3.05) is 0 Å². The topological polar surface area (TPSA) is 141 Å². The van der Waals surface area contributed by atoms with Crippen LogP contribution >= 0.6 is 12.4 Å². The number of nitrogens with two attached hydrogens (primary N) is 1. The van der Waals surface area contributed by atoms with Gasteiger partial charge >= 0.3 is 17.6 Å². The van der Waals surface area contributed by atoms with Crippen LogP contribution in [0, 0.1) is 0 Å². The summed E-state index contributed by atoms with van der Waals surface area (Å²) in [6.45, 7) is 0. The lowest BCUT2D eigenvalue weighted by Gasteiger charge is -1.70. The zero-order valence-electron chi connectivity index (χ0n) is 4.58. The highest BCUT2D eigenvalue weighted by Gasteiger charge is 1.92. The minimum absolute atomic E-state index is 0. The average molecular weight is 195 g/mol. The third-order valence-corrected chi connectivity index (χ3v) is 0. The maximum Gasteiger partial charge on any atom is 0.631 e. The van der Waals surface area contributed by atoms with Crippen molar-refractivity contribution in [2.45, 2.75) is 0 Å². The Morgan fingerprint density at radius 3 is 1.20 bits per heavy atom. The van der Waals surface area contributed by atoms with Crippen molar-refractivity contribution in [3.63, 3.8) is 0 Å². The van der Waals surface area contributed by atoms with Crippen molar-refractivity contribution in [3.8, 4) is 0 Å². The van der Waals surface area contributed by atoms with Crippen LogP contribution < -0.4 is 5.14 Å². The van der Waals surface area contributed by atoms with Crippen LogP contribution in [0.4, 0.5) is 0 Å². The van der Waals surface area contributed by atoms with Gasteiger partial charge in [-0.3, -0.25) is 4.55 Å². The van der Waals surface area contributed by atoms with Crippen LogP contribution in [0.2, 0.25) is 0 Å². The van der Waals surface area contributed by atoms with Gasteiger partial charge in [-0.2, -0.15) is 8.42 Å². The molecule has 0 aromatic carbocycles. The Hall–Kier alpha value is 0.105. The zero-order valence-corrected chi connectivity index (χ0v) is 6.21. The molecule has 0 fully saturated rings. The second kappa shape index (κ2) is 7.21. The van der Waals surface area contributed by atoms with Gasteiger partial charge in [0.2, 0.25) is 0 Å². The molecule has 0 saturated carbocycles. The SMILES string of the molecule is Cl.NS(=O)(=O)O.OB(O)O. The molecule has 0 rings (SSSR count). The van der Waals surface area contributed by atoms with Crippen molar-refractivity contribution in [1.82, 2.24) is 0 Å². The molecule has 0 atom stereocenters. The van der Waals surface area contributed by atoms with Gasteiger partial charge < -0.3 is 15.1 Å². The van der Waals surface area contributed by atoms with Crippen LogP contribution in [0.3, 0.4) is 0 Å². The van der Waals surface area contributed by atoms with Crippen LogP contribution in [0.1, 0.15) is 0 Å². The molecule has 0 aliphatic rings. The van der Waals surface area contributed by atoms with E-state index in [2.05, 4.69) is 5.14 Å². The van der Waals surface area contributed by atoms with E-state index in [0.717, 1.165) is 0 Å². The molecular weight excluding hydrogens is 188 g/mol. The lowest BCUT2D eigenvalue weighted by molar-refractivity contribution is 0.278. The predicted molar refractivity (Wildman–Crippen MR) is 35.4 cm³/mol. The maximum atomic E-state index is 8.97. The molecule has 10 heavy (non-hydrogen) atoms. The van der Waals surface area contributed by atoms with E-state index in [0.29, 0.717) is 0 Å². The molecule has 0 heterocycles. The molecule has 0 spiro atoms. The van der Waals surface area contributed by atoms with Crippen molar-refractivity contribution in [3.05, 3.63) is 0 Å². The van der Waals surface area contributed by atoms with Gasteiger partial charge in [-0.05, 0) is 0 Å². The van der Waals surface area contributed by atoms with E-state index in [-0.39, 0.29) is 12.4 Å². The molecule has 0 aromatic heterocycles. The summed E-state index contributed by atoms with van der Waals surface area (Å²) in [5.41, 5.74) is 0. The van der Waals surface area contributed by atoms with Crippen LogP contribution in [-0.2, 0) is 10.3 Å². The van der Waals surface area contributed by atoms with Crippen LogP contribution in [0.25, 0.3) is 0 Å². The molecule has 0 aliphatic carbocycles. The minimum Gasteiger partial charge on any atom is -0.402 e. The third kappa shape index (κ3) is 37200. The Balaban J connectivity index is -0.0000000910. The first-order valence-electron chi connectivity index (χ1n) is 1.53. The number of halogens is 1. The summed E-state index contributed by atoms with van der Waals surface area (Å²) in [4.78, 5) is 0. The lowest BCUT2D eigenvalue weighted by Crippen LogP contribution is -2.08. The van der Waals surface area contributed by atoms with E-state index in [1.165, 1.54) is 0 Å². The first kappa shape index (κ1) is 16.6. The number of hydrogen-bond acceptors (Lipinski definition) is 5. The van der Waals surface area contributed by atoms with Crippen LogP contribution in [0.5, 0.6) is 0 Å². The second-order valence-electron chi connectivity index (χ2n) is 0.861. The molecule has 10 heteroatoms. The maximum absolute atomic E-state index is 8.97. The lowest BCUT2D eigenvalue weighted by atomic mass is 10.3. The van der Waals surface area contributed by atoms with E-state index in [4.69, 9.17) is 28.0 Å². The summed E-state index contributed by atoms with van der Waals surface area (Å²) in [5.74, 6) is 0. The molecule has 0 aliphatic heterocycles. The Kier molecular flexibility index (Phi) is 12.0. The van der Waals surface area contributed by atoms with Crippen molar-refractivity contribution >= 4 is 30.0 Å². The van der Waals surface area contributed by atoms with Gasteiger partial charge in [0.05, 0.1) is 0 Å². The quantitative estimate of drug-likeness (QED) is 0.208. The van der Waals surface area contributed by atoms with E-state index in [1.54, 1.807) is 0 Å². The summed E-state index contributed by atoms with van der Waals surface area (Å²) in [6, 6.07) is 0. The Labute approximate surface area is 63.9 Å². The van der Waals surface area contributed by atoms with Gasteiger partial charge in [0, 0.05) is 0 Å². The van der Waals surface area contributed by atoms with Crippen molar-refractivity contribution < 1.29 is 28.0 Å². The average Bonchev–Trinajstić information content (AvgIpc) is 1.19. The largest absolute Gasteiger partial charge is 0.631 e. The number of rotatable bonds is 0. The van der Waals surface area contributed by atoms with Gasteiger partial charge in [0.15, 0.2) is 0 Å². The second-order valence-corrected chi connectivity index (χ2v) is 1.89. The standard InChI is InChI=1S/BH3O3.ClH.H3NO3S/c2-1(3)4;;1-5(2,3)4/h2-4H;1H;(H3,1,2,3,4). The molecule has 0 aromatic rings. The first-order valence-corrected chi connectivity index (χ1v) is 3.03. The molecule has 6 N–H and O–H groups in total. The summed E-state index contributed by atoms with van der Waals surface area (Å²) in [6.07, 6.45) is 0. The molecular formula is H7BClNO6S. The monoisotopic (exact) mass is 195 g/mol. The fourth-order valence-electron chi connectivity index (χ4n) is 0. The molecule has 0 amide bonds. The highest BCUT2D eigenvalue weighted by molar-refractivity contribution is 7.83. The Morgan fingerprint density at radius 2 is 1.20 bits per heavy atom. The predicted octanol–water partition coefficient (Wildman–Crippen LogP) is -2.88. The van der Waals surface area contributed by atoms with Crippen LogP contribution in [-0.4, -0.2) is 35.4 Å². The minimum atomic E-state index is -4.17. The van der Waals surface area contributed by atoms with Crippen LogP contribution in [0.15, 0.2) is 0 Å². The van der Waals surface area contributed by atoms with E-state index < -0.39 is 17.6 Å². The summed E-state index contributed by atoms with van der Waals surface area (Å²) < 4.78 is 25.2. The summed E-state index contributed by atoms with van der Waals surface area (Å²) >= 11 is 0. The van der Waals surface area contributed by atoms with Gasteiger partial charge in [0.1, 0.15) is 0 Å². The highest BCUT2D eigenvalue weighted by Crippen LogP contribution is 1.50. The fourth-order valence-corrected chi connectivity index (χ4v) is 0. The normalized spacial score (nSPS) is 8.50. The fraction of sp³-hybridized carbons (Fsp3) is 0. The molecule has 64 valence electrons. The molecule has 0 radical (unpaired) electrons. The van der Waals surface area contributed by atoms with Gasteiger partial charge in [-0.25, -0.2) is 5.14 Å². The third-order valence-electron chi connectivity index (χ3n) is 0. The van der Waals surface area contributed by atoms with E-state index in [9.17, 15) is 0 Å². The molecule has 0 bridgehead atoms. The van der Waals surface area contributed by atoms with Gasteiger partial charge in [-0.1, -0.05) is 0 Å². The first-order chi connectivity index (χ1) is 3.73. The Morgan fingerprint density at radius 1 is 1.20 bits per heavy atom. The summed E-state index contributed by atoms with van der Waals surface area (Å²) in [5, 5.41) is 25.4. The van der Waals surface area contributed by atoms with Gasteiger partial charge in [-0.15, -0.1) is 12.4 Å². The molecule has 0 unspecified atom stereocenters. The molecule has 0 saturated heterocycles. The van der Waals surface area contributed by atoms with Gasteiger partial charge in [0.25, 0.3) is 0 Å². The number of hydrogen-bond donors (Lipinski definition) is 5. The summed E-state index contributed by atoms with van der Waals surface area (Å²) in [7, 11) is -6.33. The van der Waals surface area contributed by atoms with Crippen molar-refractivity contribution in [1.29, 1.82) is 0 Å². The molecule has 7 nitrogen and oxygen atoms in total. The van der Waals surface area contributed by atoms with Crippen molar-refractivity contribution in [2.24, 2.45) is 5.14 Å². The highest BCUT2D eigenvalue weighted by atomic mass is 35.5.